The molecule has 61 heavy (non-hydrogen) atoms. The van der Waals surface area contributed by atoms with E-state index in [1.165, 1.54) is 103 Å². The number of aliphatic hydroxyl groups is 1. The molecular formula is C46H86NNa2O11P. The maximum atomic E-state index is 13.4. The smallest absolute Gasteiger partial charge is 0.790 e. The van der Waals surface area contributed by atoms with E-state index in [0.717, 1.165) is 77.0 Å². The van der Waals surface area contributed by atoms with Gasteiger partial charge in [0.2, 0.25) is 12.2 Å². The number of hydrogen-bond donors (Lipinski definition) is 2. The number of unbranched alkanes of at least 4 members (excludes halogenated alkanes) is 28. The topological polar surface area (TPSA) is 184 Å². The number of ether oxygens (including phenoxy) is 3. The van der Waals surface area contributed by atoms with Gasteiger partial charge in [0, 0.05) is 19.3 Å². The molecule has 12 nitrogen and oxygen atoms in total. The Bertz CT molecular complexity index is 1100. The minimum Gasteiger partial charge on any atom is -0.790 e. The Hall–Kier alpha value is 0.440. The Morgan fingerprint density at radius 1 is 0.525 bits per heavy atom. The van der Waals surface area contributed by atoms with Crippen molar-refractivity contribution in [1.82, 2.24) is 5.32 Å². The van der Waals surface area contributed by atoms with Crippen LogP contribution in [0.2, 0.25) is 0 Å². The number of hydrogen-bond acceptors (Lipinski definition) is 11. The van der Waals surface area contributed by atoms with Gasteiger partial charge in [0.1, 0.15) is 18.2 Å². The summed E-state index contributed by atoms with van der Waals surface area (Å²) >= 11 is 0. The molecule has 0 saturated carbocycles. The number of carbonyl (C=O) groups excluding carboxylic acids is 3. The number of phosphoric acid groups is 1. The van der Waals surface area contributed by atoms with Gasteiger partial charge in [-0.05, 0) is 19.3 Å². The zero-order chi connectivity index (χ0) is 43.4. The molecular weight excluding hydrogens is 819 g/mol. The fraction of sp³-hybridized carbons (Fsp3) is 0.935. The SMILES string of the molecule is CCCCCCCCCCCCCC(=O)O[C@@H]1O[C@H](CO)[C@@H](OP(=O)([O-])[O-])[C@H](OC(=O)CCCCCCCCCCCCC)[C@H]1NC(=O)CCCCCCCCCCC.[Na+].[Na+]. The van der Waals surface area contributed by atoms with Crippen LogP contribution in [0.15, 0.2) is 0 Å². The number of nitrogens with one attached hydrogen (secondary N) is 1. The van der Waals surface area contributed by atoms with Crippen LogP contribution in [0.5, 0.6) is 0 Å². The van der Waals surface area contributed by atoms with E-state index in [4.69, 9.17) is 18.7 Å². The summed E-state index contributed by atoms with van der Waals surface area (Å²) in [6.45, 7) is 5.78. The zero-order valence-electron chi connectivity index (χ0n) is 39.6. The molecule has 0 unspecified atom stereocenters. The fourth-order valence-electron chi connectivity index (χ4n) is 7.84. The van der Waals surface area contributed by atoms with Gasteiger partial charge in [-0.1, -0.05) is 201 Å². The van der Waals surface area contributed by atoms with Gasteiger partial charge < -0.3 is 43.5 Å². The van der Waals surface area contributed by atoms with Crippen molar-refractivity contribution in [3.05, 3.63) is 0 Å². The van der Waals surface area contributed by atoms with E-state index in [-0.39, 0.29) is 78.4 Å². The summed E-state index contributed by atoms with van der Waals surface area (Å²) < 4.78 is 34.2. The van der Waals surface area contributed by atoms with Gasteiger partial charge in [0.05, 0.1) is 14.4 Å². The molecule has 1 fully saturated rings. The summed E-state index contributed by atoms with van der Waals surface area (Å²) in [5, 5.41) is 13.0. The van der Waals surface area contributed by atoms with E-state index in [2.05, 4.69) is 26.1 Å². The first-order valence-corrected chi connectivity index (χ1v) is 25.7. The number of amides is 1. The molecule has 0 aromatic carbocycles. The number of esters is 2. The van der Waals surface area contributed by atoms with Crippen molar-refractivity contribution in [3.63, 3.8) is 0 Å². The first-order valence-electron chi connectivity index (χ1n) is 24.2. The van der Waals surface area contributed by atoms with Crippen LogP contribution in [0.4, 0.5) is 0 Å². The minimum atomic E-state index is -5.70. The van der Waals surface area contributed by atoms with Crippen LogP contribution in [0.3, 0.4) is 0 Å². The predicted molar refractivity (Wildman–Crippen MR) is 230 cm³/mol. The molecule has 1 rings (SSSR count). The zero-order valence-corrected chi connectivity index (χ0v) is 44.5. The van der Waals surface area contributed by atoms with Crippen molar-refractivity contribution in [1.29, 1.82) is 0 Å². The van der Waals surface area contributed by atoms with E-state index >= 15 is 0 Å². The molecule has 0 bridgehead atoms. The maximum absolute atomic E-state index is 13.4. The first-order chi connectivity index (χ1) is 28.6. The predicted octanol–water partition coefficient (Wildman–Crippen LogP) is 4.19. The number of aliphatic hydroxyl groups excluding tert-OH is 1. The van der Waals surface area contributed by atoms with Gasteiger partial charge in [0.25, 0.3) is 0 Å². The van der Waals surface area contributed by atoms with Gasteiger partial charge in [0.15, 0.2) is 6.10 Å². The first kappa shape index (κ1) is 63.5. The summed E-state index contributed by atoms with van der Waals surface area (Å²) in [5.41, 5.74) is 0. The van der Waals surface area contributed by atoms with Crippen LogP contribution >= 0.6 is 7.82 Å². The standard InChI is InChI=1S/C46H88NO11P.2Na/c1-4-7-10-13-16-19-21-24-27-30-33-36-41(50)56-45-43(47-40(49)35-32-29-26-23-18-15-12-9-6-3)46(55-39(38-48)44(45)58-59(52,53)54)57-42(51)37-34-31-28-25-22-20-17-14-11-8-5-2;;/h39,43-46,48H,4-38H2,1-3H3,(H,47,49)(H2,52,53,54);;/q;2*+1/p-2/t39-,43-,44-,45-,46+;;/m1../s1. The van der Waals surface area contributed by atoms with Crippen LogP contribution in [-0.2, 0) is 37.7 Å². The van der Waals surface area contributed by atoms with Crippen LogP contribution in [-0.4, -0.2) is 60.2 Å². The second-order valence-electron chi connectivity index (χ2n) is 16.9. The largest absolute Gasteiger partial charge is 1.00 e. The summed E-state index contributed by atoms with van der Waals surface area (Å²) in [6.07, 6.45) is 27.6. The molecule has 0 radical (unpaired) electrons. The van der Waals surface area contributed by atoms with Crippen molar-refractivity contribution in [2.45, 2.75) is 270 Å². The van der Waals surface area contributed by atoms with Gasteiger partial charge in [-0.25, -0.2) is 0 Å². The normalized spacial score (nSPS) is 18.8. The Kier molecular flexibility index (Phi) is 44.8. The second-order valence-corrected chi connectivity index (χ2v) is 18.0. The molecule has 348 valence electrons. The summed E-state index contributed by atoms with van der Waals surface area (Å²) in [6, 6.07) is -1.39. The van der Waals surface area contributed by atoms with E-state index in [0.29, 0.717) is 19.3 Å². The third-order valence-corrected chi connectivity index (χ3v) is 11.9. The fourth-order valence-corrected chi connectivity index (χ4v) is 8.40. The quantitative estimate of drug-likeness (QED) is 0.0390. The third-order valence-electron chi connectivity index (χ3n) is 11.4. The van der Waals surface area contributed by atoms with Crippen molar-refractivity contribution in [2.75, 3.05) is 6.61 Å². The molecule has 0 aromatic rings. The minimum absolute atomic E-state index is 0. The molecule has 1 amide bonds. The molecule has 5 atom stereocenters. The van der Waals surface area contributed by atoms with Crippen molar-refractivity contribution in [3.8, 4) is 0 Å². The van der Waals surface area contributed by atoms with E-state index in [1.54, 1.807) is 0 Å². The van der Waals surface area contributed by atoms with Gasteiger partial charge in [-0.15, -0.1) is 0 Å². The molecule has 0 spiro atoms. The number of rotatable bonds is 40. The summed E-state index contributed by atoms with van der Waals surface area (Å²) in [7, 11) is -5.70. The molecule has 1 aliphatic rings. The molecule has 1 aliphatic heterocycles. The maximum Gasteiger partial charge on any atom is 1.00 e. The second kappa shape index (κ2) is 43.0. The number of phosphoric ester groups is 1. The molecule has 1 saturated heterocycles. The van der Waals surface area contributed by atoms with Gasteiger partial charge in [-0.2, -0.15) is 0 Å². The Balaban J connectivity index is 0. The van der Waals surface area contributed by atoms with Gasteiger partial charge in [-0.3, -0.25) is 14.4 Å². The average molecular weight is 906 g/mol. The van der Waals surface area contributed by atoms with Crippen molar-refractivity contribution < 1.29 is 112 Å². The van der Waals surface area contributed by atoms with Gasteiger partial charge >= 0.3 is 71.1 Å². The molecule has 15 heteroatoms. The summed E-state index contributed by atoms with van der Waals surface area (Å²) in [4.78, 5) is 63.7. The monoisotopic (exact) mass is 906 g/mol. The number of carbonyl (C=O) groups is 3. The van der Waals surface area contributed by atoms with Crippen molar-refractivity contribution >= 4 is 25.7 Å². The van der Waals surface area contributed by atoms with Crippen LogP contribution < -0.4 is 74.2 Å². The molecule has 0 aromatic heterocycles. The Morgan fingerprint density at radius 3 is 1.20 bits per heavy atom. The van der Waals surface area contributed by atoms with E-state index < -0.39 is 62.9 Å². The molecule has 2 N–H and O–H groups in total. The Labute approximate surface area is 415 Å². The van der Waals surface area contributed by atoms with Crippen LogP contribution in [0.1, 0.15) is 239 Å². The third kappa shape index (κ3) is 35.3. The van der Waals surface area contributed by atoms with E-state index in [9.17, 15) is 33.8 Å². The Morgan fingerprint density at radius 2 is 0.852 bits per heavy atom. The average Bonchev–Trinajstić information content (AvgIpc) is 3.19. The summed E-state index contributed by atoms with van der Waals surface area (Å²) in [5.74, 6) is -1.73. The molecule has 1 heterocycles. The van der Waals surface area contributed by atoms with Crippen LogP contribution in [0, 0.1) is 0 Å². The van der Waals surface area contributed by atoms with E-state index in [1.807, 2.05) is 0 Å². The van der Waals surface area contributed by atoms with Crippen molar-refractivity contribution in [2.24, 2.45) is 0 Å². The molecule has 0 aliphatic carbocycles. The van der Waals surface area contributed by atoms with Crippen LogP contribution in [0.25, 0.3) is 0 Å².